The summed E-state index contributed by atoms with van der Waals surface area (Å²) in [6, 6.07) is 0. The summed E-state index contributed by atoms with van der Waals surface area (Å²) in [6.07, 6.45) is 2.15. The average Bonchev–Trinajstić information content (AvgIpc) is 1.85. The first-order chi connectivity index (χ1) is 4.31. The van der Waals surface area contributed by atoms with E-state index in [0.717, 1.165) is 12.8 Å². The summed E-state index contributed by atoms with van der Waals surface area (Å²) in [5, 5.41) is 2.80. The average molecular weight is 133 g/mol. The zero-order valence-electron chi connectivity index (χ0n) is 6.28. The standard InChI is InChI=1S/C7H16FN/c1-3-4-5-7(8)6-9-2/h7,9H,3-6H2,1-2H3. The van der Waals surface area contributed by atoms with Gasteiger partial charge in [0.15, 0.2) is 0 Å². The molecule has 1 nitrogen and oxygen atoms in total. The Morgan fingerprint density at radius 3 is 2.67 bits per heavy atom. The quantitative estimate of drug-likeness (QED) is 0.602. The van der Waals surface area contributed by atoms with E-state index < -0.39 is 6.17 Å². The second kappa shape index (κ2) is 6.02. The predicted molar refractivity (Wildman–Crippen MR) is 38.3 cm³/mol. The molecule has 2 heteroatoms. The molecule has 0 saturated carbocycles. The van der Waals surface area contributed by atoms with Gasteiger partial charge in [-0.1, -0.05) is 19.8 Å². The predicted octanol–water partition coefficient (Wildman–Crippen LogP) is 1.73. The number of hydrogen-bond donors (Lipinski definition) is 1. The molecular weight excluding hydrogens is 117 g/mol. The van der Waals surface area contributed by atoms with Gasteiger partial charge in [0.25, 0.3) is 0 Å². The van der Waals surface area contributed by atoms with Gasteiger partial charge in [-0.05, 0) is 13.5 Å². The van der Waals surface area contributed by atoms with Gasteiger partial charge in [0.1, 0.15) is 6.17 Å². The van der Waals surface area contributed by atoms with Crippen LogP contribution in [0, 0.1) is 0 Å². The maximum Gasteiger partial charge on any atom is 0.112 e. The highest BCUT2D eigenvalue weighted by Gasteiger charge is 2.01. The highest BCUT2D eigenvalue weighted by molar-refractivity contribution is 4.56. The van der Waals surface area contributed by atoms with Crippen molar-refractivity contribution in [1.29, 1.82) is 0 Å². The van der Waals surface area contributed by atoms with E-state index in [1.807, 2.05) is 0 Å². The van der Waals surface area contributed by atoms with Crippen molar-refractivity contribution in [2.24, 2.45) is 0 Å². The van der Waals surface area contributed by atoms with Crippen molar-refractivity contribution in [3.63, 3.8) is 0 Å². The van der Waals surface area contributed by atoms with Gasteiger partial charge >= 0.3 is 0 Å². The van der Waals surface area contributed by atoms with Crippen LogP contribution in [0.2, 0.25) is 0 Å². The smallest absolute Gasteiger partial charge is 0.112 e. The van der Waals surface area contributed by atoms with Crippen molar-refractivity contribution in [2.75, 3.05) is 13.6 Å². The number of hydrogen-bond acceptors (Lipinski definition) is 1. The van der Waals surface area contributed by atoms with Gasteiger partial charge in [0, 0.05) is 6.54 Å². The molecule has 0 aliphatic rings. The highest BCUT2D eigenvalue weighted by Crippen LogP contribution is 2.02. The summed E-state index contributed by atoms with van der Waals surface area (Å²) >= 11 is 0. The second-order valence-electron chi connectivity index (χ2n) is 2.30. The van der Waals surface area contributed by atoms with Gasteiger partial charge in [-0.15, -0.1) is 0 Å². The largest absolute Gasteiger partial charge is 0.317 e. The molecule has 9 heavy (non-hydrogen) atoms. The molecule has 0 rings (SSSR count). The van der Waals surface area contributed by atoms with Gasteiger partial charge in [-0.2, -0.15) is 0 Å². The van der Waals surface area contributed by atoms with E-state index >= 15 is 0 Å². The first kappa shape index (κ1) is 8.89. The zero-order chi connectivity index (χ0) is 7.11. The molecule has 56 valence electrons. The number of halogens is 1. The summed E-state index contributed by atoms with van der Waals surface area (Å²) in [6.45, 7) is 2.58. The first-order valence-electron chi connectivity index (χ1n) is 3.60. The van der Waals surface area contributed by atoms with Crippen LogP contribution in [0.4, 0.5) is 4.39 Å². The molecule has 0 fully saturated rings. The molecule has 0 aliphatic carbocycles. The fourth-order valence-electron chi connectivity index (χ4n) is 0.749. The zero-order valence-corrected chi connectivity index (χ0v) is 6.28. The maximum absolute atomic E-state index is 12.5. The summed E-state index contributed by atoms with van der Waals surface area (Å²) < 4.78 is 12.5. The third kappa shape index (κ3) is 5.77. The number of nitrogens with one attached hydrogen (secondary N) is 1. The number of rotatable bonds is 5. The Bertz CT molecular complexity index is 56.9. The fraction of sp³-hybridized carbons (Fsp3) is 1.00. The molecule has 0 spiro atoms. The van der Waals surface area contributed by atoms with Crippen LogP contribution >= 0.6 is 0 Å². The molecular formula is C7H16FN. The third-order valence-electron chi connectivity index (χ3n) is 1.30. The van der Waals surface area contributed by atoms with Gasteiger partial charge in [-0.25, -0.2) is 4.39 Å². The summed E-state index contributed by atoms with van der Waals surface area (Å²) in [5.41, 5.74) is 0. The minimum Gasteiger partial charge on any atom is -0.317 e. The molecule has 1 unspecified atom stereocenters. The fourth-order valence-corrected chi connectivity index (χ4v) is 0.749. The molecule has 0 aromatic carbocycles. The Morgan fingerprint density at radius 1 is 1.56 bits per heavy atom. The van der Waals surface area contributed by atoms with Crippen LogP contribution in [0.25, 0.3) is 0 Å². The molecule has 1 N–H and O–H groups in total. The lowest BCUT2D eigenvalue weighted by atomic mass is 10.2. The first-order valence-corrected chi connectivity index (χ1v) is 3.60. The maximum atomic E-state index is 12.5. The van der Waals surface area contributed by atoms with Crippen molar-refractivity contribution in [3.05, 3.63) is 0 Å². The Hall–Kier alpha value is -0.110. The summed E-state index contributed by atoms with van der Waals surface area (Å²) in [4.78, 5) is 0. The van der Waals surface area contributed by atoms with E-state index in [-0.39, 0.29) is 0 Å². The summed E-state index contributed by atoms with van der Waals surface area (Å²) in [7, 11) is 1.78. The Labute approximate surface area is 56.6 Å². The van der Waals surface area contributed by atoms with Crippen LogP contribution in [0.1, 0.15) is 26.2 Å². The Kier molecular flexibility index (Phi) is 5.94. The van der Waals surface area contributed by atoms with E-state index in [0.29, 0.717) is 13.0 Å². The van der Waals surface area contributed by atoms with Crippen molar-refractivity contribution in [3.8, 4) is 0 Å². The molecule has 0 aliphatic heterocycles. The molecule has 0 bridgehead atoms. The molecule has 0 amide bonds. The molecule has 0 radical (unpaired) electrons. The molecule has 0 aromatic rings. The Balaban J connectivity index is 2.95. The van der Waals surface area contributed by atoms with Gasteiger partial charge in [0.05, 0.1) is 0 Å². The van der Waals surface area contributed by atoms with E-state index in [1.54, 1.807) is 7.05 Å². The molecule has 0 heterocycles. The van der Waals surface area contributed by atoms with E-state index in [2.05, 4.69) is 12.2 Å². The molecule has 1 atom stereocenters. The van der Waals surface area contributed by atoms with Gasteiger partial charge in [0.2, 0.25) is 0 Å². The van der Waals surface area contributed by atoms with Gasteiger partial charge < -0.3 is 5.32 Å². The second-order valence-corrected chi connectivity index (χ2v) is 2.30. The SMILES string of the molecule is CCCCC(F)CNC. The van der Waals surface area contributed by atoms with Crippen LogP contribution in [0.5, 0.6) is 0 Å². The monoisotopic (exact) mass is 133 g/mol. The van der Waals surface area contributed by atoms with Crippen molar-refractivity contribution >= 4 is 0 Å². The van der Waals surface area contributed by atoms with Crippen LogP contribution in [0.3, 0.4) is 0 Å². The van der Waals surface area contributed by atoms with E-state index in [1.165, 1.54) is 0 Å². The number of unbranched alkanes of at least 4 members (excludes halogenated alkanes) is 1. The minimum atomic E-state index is -0.644. The van der Waals surface area contributed by atoms with Crippen LogP contribution in [-0.4, -0.2) is 19.8 Å². The minimum absolute atomic E-state index is 0.500. The van der Waals surface area contributed by atoms with Crippen molar-refractivity contribution < 1.29 is 4.39 Å². The topological polar surface area (TPSA) is 12.0 Å². The van der Waals surface area contributed by atoms with Crippen molar-refractivity contribution in [2.45, 2.75) is 32.4 Å². The van der Waals surface area contributed by atoms with Crippen LogP contribution in [-0.2, 0) is 0 Å². The van der Waals surface area contributed by atoms with Crippen LogP contribution < -0.4 is 5.32 Å². The lowest BCUT2D eigenvalue weighted by Gasteiger charge is -2.04. The Morgan fingerprint density at radius 2 is 2.22 bits per heavy atom. The van der Waals surface area contributed by atoms with Crippen LogP contribution in [0.15, 0.2) is 0 Å². The van der Waals surface area contributed by atoms with E-state index in [4.69, 9.17) is 0 Å². The third-order valence-corrected chi connectivity index (χ3v) is 1.30. The normalized spacial score (nSPS) is 13.7. The lowest BCUT2D eigenvalue weighted by Crippen LogP contribution is -2.19. The molecule has 0 aromatic heterocycles. The molecule has 0 saturated heterocycles. The summed E-state index contributed by atoms with van der Waals surface area (Å²) in [5.74, 6) is 0. The number of alkyl halides is 1. The lowest BCUT2D eigenvalue weighted by molar-refractivity contribution is 0.301. The van der Waals surface area contributed by atoms with Crippen molar-refractivity contribution in [1.82, 2.24) is 5.32 Å². The highest BCUT2D eigenvalue weighted by atomic mass is 19.1. The van der Waals surface area contributed by atoms with E-state index in [9.17, 15) is 4.39 Å². The van der Waals surface area contributed by atoms with Gasteiger partial charge in [-0.3, -0.25) is 0 Å².